The van der Waals surface area contributed by atoms with E-state index >= 15 is 0 Å². The Morgan fingerprint density at radius 2 is 1.90 bits per heavy atom. The van der Waals surface area contributed by atoms with E-state index in [9.17, 15) is 0 Å². The third kappa shape index (κ3) is 5.87. The molecule has 0 radical (unpaired) electrons. The van der Waals surface area contributed by atoms with Gasteiger partial charge in [0.1, 0.15) is 0 Å². The molecule has 1 unspecified atom stereocenters. The molecule has 7 nitrogen and oxygen atoms in total. The van der Waals surface area contributed by atoms with E-state index in [-0.39, 0.29) is 0 Å². The number of hydrogen-bond donors (Lipinski definition) is 2. The summed E-state index contributed by atoms with van der Waals surface area (Å²) in [7, 11) is 5.08. The first-order valence-electron chi connectivity index (χ1n) is 10.2. The maximum atomic E-state index is 5.55. The van der Waals surface area contributed by atoms with E-state index in [4.69, 9.17) is 14.2 Å². The van der Waals surface area contributed by atoms with E-state index in [2.05, 4.69) is 39.6 Å². The maximum absolute atomic E-state index is 5.55. The fourth-order valence-electron chi connectivity index (χ4n) is 3.52. The summed E-state index contributed by atoms with van der Waals surface area (Å²) in [5.74, 6) is 2.22. The van der Waals surface area contributed by atoms with Crippen molar-refractivity contribution in [2.24, 2.45) is 4.99 Å². The van der Waals surface area contributed by atoms with Gasteiger partial charge in [-0.3, -0.25) is 9.89 Å². The van der Waals surface area contributed by atoms with Crippen molar-refractivity contribution < 1.29 is 14.2 Å². The van der Waals surface area contributed by atoms with Gasteiger partial charge in [0.25, 0.3) is 0 Å². The standard InChI is InChI=1S/C22H32N4O3S/c1-16-5-8-21(30-16)18(26-9-11-29-12-10-26)15-25-22(23-2)24-14-17-6-7-19(27-3)20(13-17)28-4/h5-8,13,18H,9-12,14-15H2,1-4H3,(H2,23,24,25). The van der Waals surface area contributed by atoms with Gasteiger partial charge in [-0.25, -0.2) is 0 Å². The van der Waals surface area contributed by atoms with Gasteiger partial charge in [-0.05, 0) is 36.8 Å². The molecule has 1 atom stereocenters. The number of hydrogen-bond acceptors (Lipinski definition) is 6. The highest BCUT2D eigenvalue weighted by molar-refractivity contribution is 7.12. The van der Waals surface area contributed by atoms with E-state index in [1.807, 2.05) is 29.5 Å². The van der Waals surface area contributed by atoms with E-state index in [1.54, 1.807) is 21.3 Å². The van der Waals surface area contributed by atoms with Gasteiger partial charge in [0, 0.05) is 43.0 Å². The Labute approximate surface area is 183 Å². The quantitative estimate of drug-likeness (QED) is 0.494. The monoisotopic (exact) mass is 432 g/mol. The molecule has 8 heteroatoms. The molecule has 0 amide bonds. The molecular weight excluding hydrogens is 400 g/mol. The van der Waals surface area contributed by atoms with Crippen molar-refractivity contribution in [3.8, 4) is 11.5 Å². The summed E-state index contributed by atoms with van der Waals surface area (Å²) in [6, 6.07) is 10.6. The molecule has 0 aliphatic carbocycles. The van der Waals surface area contributed by atoms with Gasteiger partial charge >= 0.3 is 0 Å². The van der Waals surface area contributed by atoms with Crippen molar-refractivity contribution in [3.05, 3.63) is 45.6 Å². The largest absolute Gasteiger partial charge is 0.493 e. The number of ether oxygens (including phenoxy) is 3. The number of rotatable bonds is 8. The number of methoxy groups -OCH3 is 2. The van der Waals surface area contributed by atoms with Crippen LogP contribution in [0.4, 0.5) is 0 Å². The number of nitrogens with zero attached hydrogens (tertiary/aromatic N) is 2. The number of aryl methyl sites for hydroxylation is 1. The van der Waals surface area contributed by atoms with Gasteiger partial charge < -0.3 is 24.8 Å². The van der Waals surface area contributed by atoms with E-state index < -0.39 is 0 Å². The highest BCUT2D eigenvalue weighted by atomic mass is 32.1. The van der Waals surface area contributed by atoms with Gasteiger partial charge in [0.05, 0.1) is 33.5 Å². The second-order valence-electron chi connectivity index (χ2n) is 7.11. The van der Waals surface area contributed by atoms with Crippen molar-refractivity contribution in [2.45, 2.75) is 19.5 Å². The van der Waals surface area contributed by atoms with Crippen molar-refractivity contribution in [3.63, 3.8) is 0 Å². The normalized spacial score (nSPS) is 16.2. The second kappa shape index (κ2) is 11.2. The summed E-state index contributed by atoms with van der Waals surface area (Å²) in [6.45, 7) is 7.04. The van der Waals surface area contributed by atoms with Crippen molar-refractivity contribution in [1.82, 2.24) is 15.5 Å². The first kappa shape index (κ1) is 22.4. The third-order valence-corrected chi connectivity index (χ3v) is 6.27. The fraction of sp³-hybridized carbons (Fsp3) is 0.500. The predicted octanol–water partition coefficient (Wildman–Crippen LogP) is 2.81. The lowest BCUT2D eigenvalue weighted by Gasteiger charge is -2.34. The average Bonchev–Trinajstić information content (AvgIpc) is 3.22. The van der Waals surface area contributed by atoms with Crippen LogP contribution in [0.3, 0.4) is 0 Å². The van der Waals surface area contributed by atoms with E-state index in [0.29, 0.717) is 12.6 Å². The number of morpholine rings is 1. The Balaban J connectivity index is 1.61. The molecule has 1 aliphatic heterocycles. The Hall–Kier alpha value is -2.29. The topological polar surface area (TPSA) is 67.4 Å². The number of guanidine groups is 1. The van der Waals surface area contributed by atoms with Crippen LogP contribution in [0, 0.1) is 6.92 Å². The zero-order valence-electron chi connectivity index (χ0n) is 18.2. The SMILES string of the molecule is CN=C(NCc1ccc(OC)c(OC)c1)NCC(c1ccc(C)s1)N1CCOCC1. The predicted molar refractivity (Wildman–Crippen MR) is 122 cm³/mol. The smallest absolute Gasteiger partial charge is 0.191 e. The molecule has 164 valence electrons. The molecule has 0 saturated carbocycles. The van der Waals surface area contributed by atoms with Crippen LogP contribution in [-0.4, -0.2) is 65.0 Å². The lowest BCUT2D eigenvalue weighted by Crippen LogP contribution is -2.46. The summed E-state index contributed by atoms with van der Waals surface area (Å²) >= 11 is 1.86. The first-order chi connectivity index (χ1) is 14.6. The summed E-state index contributed by atoms with van der Waals surface area (Å²) in [6.07, 6.45) is 0. The molecule has 2 heterocycles. The van der Waals surface area contributed by atoms with Gasteiger partial charge in [-0.15, -0.1) is 11.3 Å². The maximum Gasteiger partial charge on any atom is 0.191 e. The number of nitrogens with one attached hydrogen (secondary N) is 2. The zero-order valence-corrected chi connectivity index (χ0v) is 19.1. The van der Waals surface area contributed by atoms with Gasteiger partial charge in [0.15, 0.2) is 17.5 Å². The van der Waals surface area contributed by atoms with Crippen LogP contribution in [-0.2, 0) is 11.3 Å². The van der Waals surface area contributed by atoms with Gasteiger partial charge in [-0.2, -0.15) is 0 Å². The van der Waals surface area contributed by atoms with Crippen LogP contribution in [0.25, 0.3) is 0 Å². The minimum absolute atomic E-state index is 0.298. The third-order valence-electron chi connectivity index (χ3n) is 5.17. The lowest BCUT2D eigenvalue weighted by atomic mass is 10.2. The zero-order chi connectivity index (χ0) is 21.3. The summed E-state index contributed by atoms with van der Waals surface area (Å²) in [5, 5.41) is 6.90. The molecule has 2 N–H and O–H groups in total. The Bertz CT molecular complexity index is 834. The molecule has 1 aliphatic rings. The highest BCUT2D eigenvalue weighted by Crippen LogP contribution is 2.28. The second-order valence-corrected chi connectivity index (χ2v) is 8.43. The van der Waals surface area contributed by atoms with E-state index in [1.165, 1.54) is 9.75 Å². The first-order valence-corrected chi connectivity index (χ1v) is 11.0. The Kier molecular flexibility index (Phi) is 8.36. The van der Waals surface area contributed by atoms with Crippen LogP contribution < -0.4 is 20.1 Å². The van der Waals surface area contributed by atoms with Crippen molar-refractivity contribution in [2.75, 3.05) is 54.1 Å². The summed E-state index contributed by atoms with van der Waals surface area (Å²) in [5.41, 5.74) is 1.09. The molecule has 3 rings (SSSR count). The van der Waals surface area contributed by atoms with Crippen LogP contribution in [0.5, 0.6) is 11.5 Å². The van der Waals surface area contributed by atoms with Crippen LogP contribution in [0.15, 0.2) is 35.3 Å². The molecule has 1 aromatic carbocycles. The van der Waals surface area contributed by atoms with Crippen LogP contribution >= 0.6 is 11.3 Å². The minimum Gasteiger partial charge on any atom is -0.493 e. The summed E-state index contributed by atoms with van der Waals surface area (Å²) < 4.78 is 16.3. The number of aliphatic imine (C=N–C) groups is 1. The molecular formula is C22H32N4O3S. The molecule has 0 spiro atoms. The average molecular weight is 433 g/mol. The fourth-order valence-corrected chi connectivity index (χ4v) is 4.53. The molecule has 1 aromatic heterocycles. The lowest BCUT2D eigenvalue weighted by molar-refractivity contribution is 0.0177. The van der Waals surface area contributed by atoms with Gasteiger partial charge in [0.2, 0.25) is 0 Å². The molecule has 1 saturated heterocycles. The summed E-state index contributed by atoms with van der Waals surface area (Å²) in [4.78, 5) is 9.59. The number of benzene rings is 1. The highest BCUT2D eigenvalue weighted by Gasteiger charge is 2.24. The van der Waals surface area contributed by atoms with Crippen LogP contribution in [0.1, 0.15) is 21.4 Å². The molecule has 2 aromatic rings. The van der Waals surface area contributed by atoms with Crippen LogP contribution in [0.2, 0.25) is 0 Å². The minimum atomic E-state index is 0.298. The van der Waals surface area contributed by atoms with E-state index in [0.717, 1.165) is 55.9 Å². The number of thiophene rings is 1. The Morgan fingerprint density at radius 3 is 2.53 bits per heavy atom. The van der Waals surface area contributed by atoms with Crippen molar-refractivity contribution >= 4 is 17.3 Å². The Morgan fingerprint density at radius 1 is 1.13 bits per heavy atom. The van der Waals surface area contributed by atoms with Gasteiger partial charge in [-0.1, -0.05) is 6.07 Å². The molecule has 1 fully saturated rings. The van der Waals surface area contributed by atoms with Crippen molar-refractivity contribution in [1.29, 1.82) is 0 Å². The molecule has 30 heavy (non-hydrogen) atoms. The molecule has 0 bridgehead atoms.